The van der Waals surface area contributed by atoms with Gasteiger partial charge in [-0.25, -0.2) is 0 Å². The van der Waals surface area contributed by atoms with Crippen molar-refractivity contribution in [2.45, 2.75) is 6.42 Å². The molecule has 0 bridgehead atoms. The Morgan fingerprint density at radius 1 is 1.18 bits per heavy atom. The van der Waals surface area contributed by atoms with E-state index in [1.165, 1.54) is 0 Å². The van der Waals surface area contributed by atoms with E-state index in [1.807, 2.05) is 48.7 Å². The lowest BCUT2D eigenvalue weighted by atomic mass is 10.1. The molecule has 1 heterocycles. The van der Waals surface area contributed by atoms with Crippen LogP contribution in [0.3, 0.4) is 0 Å². The van der Waals surface area contributed by atoms with Crippen molar-refractivity contribution in [1.29, 1.82) is 0 Å². The van der Waals surface area contributed by atoms with Crippen LogP contribution in [-0.4, -0.2) is 31.2 Å². The summed E-state index contributed by atoms with van der Waals surface area (Å²) in [5, 5.41) is 3.92. The number of aromatic nitrogens is 1. The van der Waals surface area contributed by atoms with E-state index in [1.54, 1.807) is 25.3 Å². The maximum absolute atomic E-state index is 12.2. The van der Waals surface area contributed by atoms with Gasteiger partial charge in [0.05, 0.1) is 12.6 Å². The second kappa shape index (κ2) is 9.46. The van der Waals surface area contributed by atoms with Crippen molar-refractivity contribution in [2.24, 2.45) is 0 Å². The summed E-state index contributed by atoms with van der Waals surface area (Å²) < 4.78 is 11.0. The number of para-hydroxylation sites is 2. The van der Waals surface area contributed by atoms with Crippen molar-refractivity contribution in [3.05, 3.63) is 78.5 Å². The van der Waals surface area contributed by atoms with Crippen LogP contribution in [0.25, 0.3) is 17.0 Å². The van der Waals surface area contributed by atoms with E-state index in [0.29, 0.717) is 19.6 Å². The zero-order valence-corrected chi connectivity index (χ0v) is 15.9. The molecule has 0 saturated heterocycles. The van der Waals surface area contributed by atoms with E-state index in [4.69, 9.17) is 9.47 Å². The van der Waals surface area contributed by atoms with Crippen LogP contribution in [0.4, 0.5) is 0 Å². The standard InChI is InChI=1S/C23H24N2O3/c1-3-15-28-20-9-5-4-7-17(20)13-14-24-22(26)12-11-18-16-25-23-19(18)8-6-10-21(23)27-2/h3-12,16,25H,1,13-15H2,2H3,(H,24,26)/b12-11+. The minimum absolute atomic E-state index is 0.137. The first kappa shape index (κ1) is 19.3. The zero-order valence-electron chi connectivity index (χ0n) is 15.9. The van der Waals surface area contributed by atoms with Gasteiger partial charge >= 0.3 is 0 Å². The van der Waals surface area contributed by atoms with Crippen LogP contribution in [0.15, 0.2) is 67.4 Å². The van der Waals surface area contributed by atoms with Crippen LogP contribution < -0.4 is 14.8 Å². The van der Waals surface area contributed by atoms with Gasteiger partial charge in [-0.2, -0.15) is 0 Å². The lowest BCUT2D eigenvalue weighted by Gasteiger charge is -2.10. The fourth-order valence-corrected chi connectivity index (χ4v) is 3.00. The summed E-state index contributed by atoms with van der Waals surface area (Å²) in [6.07, 6.45) is 7.61. The summed E-state index contributed by atoms with van der Waals surface area (Å²) in [6, 6.07) is 13.6. The van der Waals surface area contributed by atoms with E-state index in [-0.39, 0.29) is 5.91 Å². The third-order valence-electron chi connectivity index (χ3n) is 4.37. The van der Waals surface area contributed by atoms with E-state index in [2.05, 4.69) is 16.9 Å². The van der Waals surface area contributed by atoms with Gasteiger partial charge in [-0.05, 0) is 30.2 Å². The molecule has 0 aliphatic rings. The molecule has 5 heteroatoms. The summed E-state index contributed by atoms with van der Waals surface area (Å²) in [7, 11) is 1.64. The molecule has 3 aromatic rings. The van der Waals surface area contributed by atoms with Crippen molar-refractivity contribution < 1.29 is 14.3 Å². The monoisotopic (exact) mass is 376 g/mol. The number of hydrogen-bond donors (Lipinski definition) is 2. The van der Waals surface area contributed by atoms with Gasteiger partial charge < -0.3 is 19.8 Å². The number of amides is 1. The fraction of sp³-hybridized carbons (Fsp3) is 0.174. The number of hydrogen-bond acceptors (Lipinski definition) is 3. The first-order chi connectivity index (χ1) is 13.7. The smallest absolute Gasteiger partial charge is 0.244 e. The van der Waals surface area contributed by atoms with Crippen molar-refractivity contribution in [2.75, 3.05) is 20.3 Å². The molecule has 0 unspecified atom stereocenters. The normalized spacial score (nSPS) is 10.9. The number of carbonyl (C=O) groups is 1. The van der Waals surface area contributed by atoms with Gasteiger partial charge in [0.25, 0.3) is 0 Å². The van der Waals surface area contributed by atoms with Crippen LogP contribution >= 0.6 is 0 Å². The van der Waals surface area contributed by atoms with Crippen molar-refractivity contribution in [1.82, 2.24) is 10.3 Å². The second-order valence-corrected chi connectivity index (χ2v) is 6.21. The molecule has 0 radical (unpaired) electrons. The van der Waals surface area contributed by atoms with Gasteiger partial charge in [0, 0.05) is 29.8 Å². The predicted octanol–water partition coefficient (Wildman–Crippen LogP) is 4.11. The molecule has 1 amide bonds. The van der Waals surface area contributed by atoms with E-state index in [9.17, 15) is 4.79 Å². The first-order valence-corrected chi connectivity index (χ1v) is 9.14. The highest BCUT2D eigenvalue weighted by atomic mass is 16.5. The Labute approximate surface area is 164 Å². The Hall–Kier alpha value is -3.47. The highest BCUT2D eigenvalue weighted by Crippen LogP contribution is 2.27. The summed E-state index contributed by atoms with van der Waals surface area (Å²) in [5.41, 5.74) is 2.91. The molecule has 0 atom stereocenters. The number of benzene rings is 2. The van der Waals surface area contributed by atoms with E-state index in [0.717, 1.165) is 33.5 Å². The molecule has 144 valence electrons. The molecule has 0 aliphatic carbocycles. The number of methoxy groups -OCH3 is 1. The SMILES string of the molecule is C=CCOc1ccccc1CCNC(=O)/C=C/c1c[nH]c2c(OC)cccc12. The second-order valence-electron chi connectivity index (χ2n) is 6.21. The molecule has 3 rings (SSSR count). The molecule has 28 heavy (non-hydrogen) atoms. The molecule has 2 aromatic carbocycles. The van der Waals surface area contributed by atoms with Crippen LogP contribution in [-0.2, 0) is 11.2 Å². The molecular weight excluding hydrogens is 352 g/mol. The Morgan fingerprint density at radius 3 is 2.82 bits per heavy atom. The lowest BCUT2D eigenvalue weighted by Crippen LogP contribution is -2.23. The molecular formula is C23H24N2O3. The average Bonchev–Trinajstić information content (AvgIpc) is 3.14. The fourth-order valence-electron chi connectivity index (χ4n) is 3.00. The molecule has 0 spiro atoms. The summed E-state index contributed by atoms with van der Waals surface area (Å²) in [5.74, 6) is 1.46. The minimum atomic E-state index is -0.137. The molecule has 0 saturated carbocycles. The van der Waals surface area contributed by atoms with Crippen molar-refractivity contribution in [3.63, 3.8) is 0 Å². The summed E-state index contributed by atoms with van der Waals surface area (Å²) >= 11 is 0. The maximum atomic E-state index is 12.2. The Balaban J connectivity index is 1.57. The first-order valence-electron chi connectivity index (χ1n) is 9.14. The Bertz CT molecular complexity index is 988. The number of carbonyl (C=O) groups excluding carboxylic acids is 1. The highest BCUT2D eigenvalue weighted by molar-refractivity contribution is 5.97. The van der Waals surface area contributed by atoms with Gasteiger partial charge in [-0.3, -0.25) is 4.79 Å². The summed E-state index contributed by atoms with van der Waals surface area (Å²) in [6.45, 7) is 4.65. The quantitative estimate of drug-likeness (QED) is 0.436. The van der Waals surface area contributed by atoms with E-state index >= 15 is 0 Å². The number of aromatic amines is 1. The summed E-state index contributed by atoms with van der Waals surface area (Å²) in [4.78, 5) is 15.4. The Kier molecular flexibility index (Phi) is 6.52. The maximum Gasteiger partial charge on any atom is 0.244 e. The number of ether oxygens (including phenoxy) is 2. The number of rotatable bonds is 9. The van der Waals surface area contributed by atoms with Crippen LogP contribution in [0.5, 0.6) is 11.5 Å². The van der Waals surface area contributed by atoms with Crippen LogP contribution in [0, 0.1) is 0 Å². The molecule has 0 aliphatic heterocycles. The van der Waals surface area contributed by atoms with Crippen LogP contribution in [0.2, 0.25) is 0 Å². The molecule has 0 fully saturated rings. The Morgan fingerprint density at radius 2 is 2.00 bits per heavy atom. The van der Waals surface area contributed by atoms with Gasteiger partial charge in [-0.1, -0.05) is 43.0 Å². The predicted molar refractivity (Wildman–Crippen MR) is 113 cm³/mol. The van der Waals surface area contributed by atoms with Gasteiger partial charge in [0.1, 0.15) is 18.1 Å². The topological polar surface area (TPSA) is 63.3 Å². The zero-order chi connectivity index (χ0) is 19.8. The van der Waals surface area contributed by atoms with Crippen molar-refractivity contribution >= 4 is 22.9 Å². The number of nitrogens with one attached hydrogen (secondary N) is 2. The van der Waals surface area contributed by atoms with Gasteiger partial charge in [0.15, 0.2) is 0 Å². The third-order valence-corrected chi connectivity index (χ3v) is 4.37. The van der Waals surface area contributed by atoms with Gasteiger partial charge in [0.2, 0.25) is 5.91 Å². The highest BCUT2D eigenvalue weighted by Gasteiger charge is 2.06. The molecule has 2 N–H and O–H groups in total. The molecule has 1 aromatic heterocycles. The number of H-pyrrole nitrogens is 1. The van der Waals surface area contributed by atoms with Crippen LogP contribution in [0.1, 0.15) is 11.1 Å². The lowest BCUT2D eigenvalue weighted by molar-refractivity contribution is -0.116. The molecule has 5 nitrogen and oxygen atoms in total. The minimum Gasteiger partial charge on any atom is -0.495 e. The van der Waals surface area contributed by atoms with E-state index < -0.39 is 0 Å². The number of fused-ring (bicyclic) bond motifs is 1. The average molecular weight is 376 g/mol. The largest absolute Gasteiger partial charge is 0.495 e. The van der Waals surface area contributed by atoms with Crippen molar-refractivity contribution in [3.8, 4) is 11.5 Å². The van der Waals surface area contributed by atoms with Gasteiger partial charge in [-0.15, -0.1) is 0 Å². The third kappa shape index (κ3) is 4.62.